The maximum absolute atomic E-state index is 12.2. The van der Waals surface area contributed by atoms with E-state index in [1.165, 1.54) is 12.4 Å². The van der Waals surface area contributed by atoms with Gasteiger partial charge in [0.25, 0.3) is 5.91 Å². The molecule has 0 atom stereocenters. The van der Waals surface area contributed by atoms with Gasteiger partial charge in [0.15, 0.2) is 11.5 Å². The molecule has 0 spiro atoms. The Morgan fingerprint density at radius 2 is 1.74 bits per heavy atom. The molecule has 8 heteroatoms. The number of aromatic nitrogens is 3. The molecule has 136 valence electrons. The fourth-order valence-electron chi connectivity index (χ4n) is 2.55. The van der Waals surface area contributed by atoms with Crippen LogP contribution in [0, 0.1) is 0 Å². The summed E-state index contributed by atoms with van der Waals surface area (Å²) in [5.74, 6) is 1.70. The first-order valence-electron chi connectivity index (χ1n) is 8.39. The minimum Gasteiger partial charge on any atom is -0.454 e. The number of carbonyl (C=O) groups excluding carboxylic acids is 1. The Morgan fingerprint density at radius 1 is 0.963 bits per heavy atom. The Balaban J connectivity index is 1.31. The minimum atomic E-state index is -0.228. The van der Waals surface area contributed by atoms with Gasteiger partial charge in [0.2, 0.25) is 12.7 Å². The molecule has 0 aliphatic carbocycles. The fraction of sp³-hybridized carbons (Fsp3) is 0.158. The van der Waals surface area contributed by atoms with Gasteiger partial charge >= 0.3 is 0 Å². The Kier molecular flexibility index (Phi) is 4.78. The third-order valence-electron chi connectivity index (χ3n) is 4.00. The molecule has 0 radical (unpaired) electrons. The zero-order valence-electron chi connectivity index (χ0n) is 14.4. The van der Waals surface area contributed by atoms with Gasteiger partial charge in [-0.05, 0) is 35.4 Å². The fourth-order valence-corrected chi connectivity index (χ4v) is 2.55. The third kappa shape index (κ3) is 4.12. The molecule has 4 rings (SSSR count). The summed E-state index contributed by atoms with van der Waals surface area (Å²) in [7, 11) is 0. The Hall–Kier alpha value is -3.68. The average Bonchev–Trinajstić information content (AvgIpc) is 3.19. The number of nitrogens with one attached hydrogen (secondary N) is 2. The standard InChI is InChI=1S/C19H17N5O3/c25-18(21-8-13-3-5-20-6-4-13)15-10-23-19(24-11-15)22-9-14-1-2-16-17(7-14)27-12-26-16/h1-7,10-11H,8-9,12H2,(H,21,25)(H,22,23,24). The monoisotopic (exact) mass is 363 g/mol. The van der Waals surface area contributed by atoms with Crippen molar-refractivity contribution >= 4 is 11.9 Å². The van der Waals surface area contributed by atoms with E-state index in [4.69, 9.17) is 9.47 Å². The number of rotatable bonds is 6. The molecule has 8 nitrogen and oxygen atoms in total. The molecule has 0 bridgehead atoms. The lowest BCUT2D eigenvalue weighted by atomic mass is 10.2. The second kappa shape index (κ2) is 7.69. The lowest BCUT2D eigenvalue weighted by Gasteiger charge is -2.07. The van der Waals surface area contributed by atoms with Gasteiger partial charge in [-0.15, -0.1) is 0 Å². The van der Waals surface area contributed by atoms with Crippen molar-refractivity contribution in [1.29, 1.82) is 0 Å². The van der Waals surface area contributed by atoms with Crippen LogP contribution in [0.4, 0.5) is 5.95 Å². The number of nitrogens with zero attached hydrogens (tertiary/aromatic N) is 3. The first kappa shape index (κ1) is 16.8. The van der Waals surface area contributed by atoms with Crippen molar-refractivity contribution in [2.24, 2.45) is 0 Å². The average molecular weight is 363 g/mol. The highest BCUT2D eigenvalue weighted by Gasteiger charge is 2.13. The molecule has 3 heterocycles. The maximum atomic E-state index is 12.2. The van der Waals surface area contributed by atoms with Gasteiger partial charge in [-0.25, -0.2) is 9.97 Å². The van der Waals surface area contributed by atoms with E-state index in [0.717, 1.165) is 22.6 Å². The molecular formula is C19H17N5O3. The topological polar surface area (TPSA) is 98.3 Å². The lowest BCUT2D eigenvalue weighted by Crippen LogP contribution is -2.23. The van der Waals surface area contributed by atoms with E-state index >= 15 is 0 Å². The number of ether oxygens (including phenoxy) is 2. The van der Waals surface area contributed by atoms with Gasteiger partial charge in [-0.2, -0.15) is 0 Å². The van der Waals surface area contributed by atoms with Crippen LogP contribution in [0.5, 0.6) is 11.5 Å². The van der Waals surface area contributed by atoms with Crippen LogP contribution < -0.4 is 20.1 Å². The van der Waals surface area contributed by atoms with Crippen molar-refractivity contribution < 1.29 is 14.3 Å². The van der Waals surface area contributed by atoms with E-state index in [9.17, 15) is 4.79 Å². The van der Waals surface area contributed by atoms with Crippen LogP contribution >= 0.6 is 0 Å². The predicted octanol–water partition coefficient (Wildman–Crippen LogP) is 2.14. The van der Waals surface area contributed by atoms with Gasteiger partial charge < -0.3 is 20.1 Å². The minimum absolute atomic E-state index is 0.228. The number of amides is 1. The number of fused-ring (bicyclic) bond motifs is 1. The van der Waals surface area contributed by atoms with Crippen LogP contribution in [-0.2, 0) is 13.1 Å². The van der Waals surface area contributed by atoms with Gasteiger partial charge in [0, 0.05) is 37.9 Å². The highest BCUT2D eigenvalue weighted by atomic mass is 16.7. The number of hydrogen-bond acceptors (Lipinski definition) is 7. The van der Waals surface area contributed by atoms with Crippen molar-refractivity contribution in [3.05, 3.63) is 71.8 Å². The number of benzene rings is 1. The van der Waals surface area contributed by atoms with Crippen LogP contribution in [0.15, 0.2) is 55.1 Å². The molecule has 1 aliphatic rings. The second-order valence-corrected chi connectivity index (χ2v) is 5.87. The van der Waals surface area contributed by atoms with Crippen LogP contribution in [0.2, 0.25) is 0 Å². The summed E-state index contributed by atoms with van der Waals surface area (Å²) < 4.78 is 10.7. The third-order valence-corrected chi connectivity index (χ3v) is 4.00. The summed E-state index contributed by atoms with van der Waals surface area (Å²) in [4.78, 5) is 24.5. The molecule has 2 aromatic heterocycles. The molecule has 1 aromatic carbocycles. The van der Waals surface area contributed by atoms with Crippen molar-refractivity contribution in [2.45, 2.75) is 13.1 Å². The zero-order chi connectivity index (χ0) is 18.5. The SMILES string of the molecule is O=C(NCc1ccncc1)c1cnc(NCc2ccc3c(c2)OCO3)nc1. The molecule has 1 amide bonds. The molecule has 2 N–H and O–H groups in total. The molecular weight excluding hydrogens is 346 g/mol. The largest absolute Gasteiger partial charge is 0.454 e. The van der Waals surface area contributed by atoms with Crippen molar-refractivity contribution in [1.82, 2.24) is 20.3 Å². The Bertz CT molecular complexity index is 932. The smallest absolute Gasteiger partial charge is 0.254 e. The molecule has 3 aromatic rings. The highest BCUT2D eigenvalue weighted by Crippen LogP contribution is 2.32. The van der Waals surface area contributed by atoms with Crippen LogP contribution in [0.25, 0.3) is 0 Å². The first-order chi connectivity index (χ1) is 13.3. The molecule has 1 aliphatic heterocycles. The maximum Gasteiger partial charge on any atom is 0.254 e. The Labute approximate surface area is 155 Å². The number of anilines is 1. The van der Waals surface area contributed by atoms with E-state index in [1.807, 2.05) is 30.3 Å². The molecule has 27 heavy (non-hydrogen) atoms. The summed E-state index contributed by atoms with van der Waals surface area (Å²) in [5.41, 5.74) is 2.39. The number of pyridine rings is 1. The summed E-state index contributed by atoms with van der Waals surface area (Å²) in [5, 5.41) is 5.94. The van der Waals surface area contributed by atoms with Crippen molar-refractivity contribution in [3.63, 3.8) is 0 Å². The summed E-state index contributed by atoms with van der Waals surface area (Å²) >= 11 is 0. The summed E-state index contributed by atoms with van der Waals surface area (Å²) in [6.45, 7) is 1.20. The van der Waals surface area contributed by atoms with Crippen molar-refractivity contribution in [3.8, 4) is 11.5 Å². The molecule has 0 fully saturated rings. The molecule has 0 saturated carbocycles. The normalized spacial score (nSPS) is 11.9. The van der Waals surface area contributed by atoms with E-state index in [1.54, 1.807) is 12.4 Å². The highest BCUT2D eigenvalue weighted by molar-refractivity contribution is 5.93. The number of hydrogen-bond donors (Lipinski definition) is 2. The van der Waals surface area contributed by atoms with Gasteiger partial charge in [0.05, 0.1) is 5.56 Å². The van der Waals surface area contributed by atoms with Gasteiger partial charge in [-0.3, -0.25) is 9.78 Å². The quantitative estimate of drug-likeness (QED) is 0.692. The van der Waals surface area contributed by atoms with E-state index in [2.05, 4.69) is 25.6 Å². The van der Waals surface area contributed by atoms with Gasteiger partial charge in [-0.1, -0.05) is 6.07 Å². The molecule has 0 unspecified atom stereocenters. The first-order valence-corrected chi connectivity index (χ1v) is 8.39. The lowest BCUT2D eigenvalue weighted by molar-refractivity contribution is 0.0950. The molecule has 0 saturated heterocycles. The van der Waals surface area contributed by atoms with Crippen molar-refractivity contribution in [2.75, 3.05) is 12.1 Å². The second-order valence-electron chi connectivity index (χ2n) is 5.87. The van der Waals surface area contributed by atoms with Crippen LogP contribution in [0.1, 0.15) is 21.5 Å². The summed E-state index contributed by atoms with van der Waals surface area (Å²) in [6.07, 6.45) is 6.37. The zero-order valence-corrected chi connectivity index (χ0v) is 14.4. The van der Waals surface area contributed by atoms with E-state index < -0.39 is 0 Å². The van der Waals surface area contributed by atoms with E-state index in [0.29, 0.717) is 24.6 Å². The Morgan fingerprint density at radius 3 is 2.56 bits per heavy atom. The van der Waals surface area contributed by atoms with Crippen LogP contribution in [-0.4, -0.2) is 27.7 Å². The predicted molar refractivity (Wildman–Crippen MR) is 97.3 cm³/mol. The van der Waals surface area contributed by atoms with Crippen LogP contribution in [0.3, 0.4) is 0 Å². The van der Waals surface area contributed by atoms with E-state index in [-0.39, 0.29) is 12.7 Å². The van der Waals surface area contributed by atoms with Gasteiger partial charge in [0.1, 0.15) is 0 Å². The summed E-state index contributed by atoms with van der Waals surface area (Å²) in [6, 6.07) is 9.42. The number of carbonyl (C=O) groups is 1.